The van der Waals surface area contributed by atoms with Crippen molar-refractivity contribution in [2.24, 2.45) is 0 Å². The molecule has 1 heterocycles. The lowest BCUT2D eigenvalue weighted by Gasteiger charge is -2.25. The summed E-state index contributed by atoms with van der Waals surface area (Å²) in [5.41, 5.74) is 2.66. The summed E-state index contributed by atoms with van der Waals surface area (Å²) in [7, 11) is 0. The van der Waals surface area contributed by atoms with Crippen LogP contribution in [0.15, 0.2) is 79.1 Å². The van der Waals surface area contributed by atoms with Crippen LogP contribution in [-0.4, -0.2) is 52.4 Å². The van der Waals surface area contributed by atoms with Crippen molar-refractivity contribution in [2.45, 2.75) is 71.6 Å². The highest BCUT2D eigenvalue weighted by Gasteiger charge is 2.24. The molecule has 0 saturated heterocycles. The van der Waals surface area contributed by atoms with Crippen molar-refractivity contribution in [3.05, 3.63) is 102 Å². The van der Waals surface area contributed by atoms with Gasteiger partial charge < -0.3 is 25.8 Å². The Morgan fingerprint density at radius 2 is 1.63 bits per heavy atom. The van der Waals surface area contributed by atoms with Crippen LogP contribution in [-0.2, 0) is 17.9 Å². The summed E-state index contributed by atoms with van der Waals surface area (Å²) in [6, 6.07) is 21.0. The van der Waals surface area contributed by atoms with Crippen molar-refractivity contribution < 1.29 is 9.59 Å². The number of carbonyl (C=O) groups is 2. The Morgan fingerprint density at radius 1 is 0.884 bits per heavy atom. The first-order valence-corrected chi connectivity index (χ1v) is 15.6. The molecule has 1 aromatic heterocycles. The number of H-pyrrole nitrogens is 1. The average Bonchev–Trinajstić information content (AvgIpc) is 3.54. The van der Waals surface area contributed by atoms with E-state index in [2.05, 4.69) is 68.9 Å². The minimum atomic E-state index is -0.635. The van der Waals surface area contributed by atoms with E-state index in [4.69, 9.17) is 0 Å². The van der Waals surface area contributed by atoms with E-state index in [-0.39, 0.29) is 17.9 Å². The third kappa shape index (κ3) is 9.49. The number of hydrogen-bond donors (Lipinski definition) is 4. The third-order valence-corrected chi connectivity index (χ3v) is 7.71. The SMILES string of the molecule is CCCN(CCC)CCC[C@H](NC(=O)c1ccc(CNCc2ncc[nH]2)cc1)C(=O)NC(C)c1cccc2ccccc12. The minimum Gasteiger partial charge on any atom is -0.348 e. The predicted molar refractivity (Wildman–Crippen MR) is 174 cm³/mol. The van der Waals surface area contributed by atoms with Gasteiger partial charge in [-0.05, 0) is 86.3 Å². The lowest BCUT2D eigenvalue weighted by Crippen LogP contribution is -2.47. The molecule has 4 rings (SSSR count). The number of nitrogens with zero attached hydrogens (tertiary/aromatic N) is 2. The zero-order valence-corrected chi connectivity index (χ0v) is 25.7. The fourth-order valence-corrected chi connectivity index (χ4v) is 5.51. The van der Waals surface area contributed by atoms with E-state index in [1.807, 2.05) is 49.4 Å². The van der Waals surface area contributed by atoms with E-state index >= 15 is 0 Å². The number of hydrogen-bond acceptors (Lipinski definition) is 5. The lowest BCUT2D eigenvalue weighted by atomic mass is 9.99. The number of nitrogens with one attached hydrogen (secondary N) is 4. The van der Waals surface area contributed by atoms with E-state index < -0.39 is 6.04 Å². The van der Waals surface area contributed by atoms with Gasteiger partial charge in [-0.15, -0.1) is 0 Å². The summed E-state index contributed by atoms with van der Waals surface area (Å²) < 4.78 is 0. The van der Waals surface area contributed by atoms with Gasteiger partial charge in [-0.1, -0.05) is 68.4 Å². The van der Waals surface area contributed by atoms with Crippen LogP contribution in [0.5, 0.6) is 0 Å². The molecule has 0 aliphatic rings. The zero-order valence-electron chi connectivity index (χ0n) is 25.7. The first-order chi connectivity index (χ1) is 21.0. The summed E-state index contributed by atoms with van der Waals surface area (Å²) in [6.07, 6.45) is 7.11. The molecule has 228 valence electrons. The molecule has 0 aliphatic heterocycles. The second-order valence-electron chi connectivity index (χ2n) is 11.1. The van der Waals surface area contributed by atoms with E-state index in [0.29, 0.717) is 25.1 Å². The van der Waals surface area contributed by atoms with Gasteiger partial charge in [-0.2, -0.15) is 0 Å². The maximum atomic E-state index is 13.7. The molecule has 8 nitrogen and oxygen atoms in total. The van der Waals surface area contributed by atoms with Gasteiger partial charge in [-0.25, -0.2) is 4.98 Å². The smallest absolute Gasteiger partial charge is 0.251 e. The van der Waals surface area contributed by atoms with Gasteiger partial charge in [0.1, 0.15) is 11.9 Å². The maximum absolute atomic E-state index is 13.7. The summed E-state index contributed by atoms with van der Waals surface area (Å²) in [6.45, 7) is 10.7. The Morgan fingerprint density at radius 3 is 2.35 bits per heavy atom. The van der Waals surface area contributed by atoms with Gasteiger partial charge in [0.15, 0.2) is 0 Å². The molecule has 43 heavy (non-hydrogen) atoms. The van der Waals surface area contributed by atoms with Gasteiger partial charge in [0.05, 0.1) is 12.6 Å². The Labute approximate surface area is 255 Å². The number of benzene rings is 3. The third-order valence-electron chi connectivity index (χ3n) is 7.71. The van der Waals surface area contributed by atoms with E-state index in [9.17, 15) is 9.59 Å². The molecule has 0 bridgehead atoms. The molecule has 0 saturated carbocycles. The number of amides is 2. The molecule has 1 unspecified atom stereocenters. The summed E-state index contributed by atoms with van der Waals surface area (Å²) in [5.74, 6) is 0.472. The highest BCUT2D eigenvalue weighted by Crippen LogP contribution is 2.24. The van der Waals surface area contributed by atoms with Crippen molar-refractivity contribution in [1.29, 1.82) is 0 Å². The summed E-state index contributed by atoms with van der Waals surface area (Å²) in [4.78, 5) is 36.7. The van der Waals surface area contributed by atoms with Crippen molar-refractivity contribution in [3.63, 3.8) is 0 Å². The molecular weight excluding hydrogens is 536 g/mol. The van der Waals surface area contributed by atoms with Crippen molar-refractivity contribution >= 4 is 22.6 Å². The lowest BCUT2D eigenvalue weighted by molar-refractivity contribution is -0.123. The summed E-state index contributed by atoms with van der Waals surface area (Å²) >= 11 is 0. The second kappa shape index (κ2) is 16.6. The fourth-order valence-electron chi connectivity index (χ4n) is 5.51. The maximum Gasteiger partial charge on any atom is 0.251 e. The van der Waals surface area contributed by atoms with E-state index in [0.717, 1.165) is 66.6 Å². The predicted octanol–water partition coefficient (Wildman–Crippen LogP) is 5.73. The van der Waals surface area contributed by atoms with Crippen LogP contribution < -0.4 is 16.0 Å². The van der Waals surface area contributed by atoms with Crippen LogP contribution >= 0.6 is 0 Å². The number of imidazole rings is 1. The van der Waals surface area contributed by atoms with Gasteiger partial charge in [0, 0.05) is 24.5 Å². The largest absolute Gasteiger partial charge is 0.348 e. The van der Waals surface area contributed by atoms with Crippen LogP contribution in [0.3, 0.4) is 0 Å². The number of aromatic nitrogens is 2. The molecule has 0 radical (unpaired) electrons. The fraction of sp³-hybridized carbons (Fsp3) is 0.400. The van der Waals surface area contributed by atoms with E-state index in [1.165, 1.54) is 0 Å². The molecule has 4 N–H and O–H groups in total. The van der Waals surface area contributed by atoms with Crippen LogP contribution in [0.4, 0.5) is 0 Å². The Bertz CT molecular complexity index is 1410. The van der Waals surface area contributed by atoms with Crippen LogP contribution in [0.2, 0.25) is 0 Å². The topological polar surface area (TPSA) is 102 Å². The van der Waals surface area contributed by atoms with Crippen molar-refractivity contribution in [1.82, 2.24) is 30.8 Å². The highest BCUT2D eigenvalue weighted by molar-refractivity contribution is 5.97. The monoisotopic (exact) mass is 582 g/mol. The van der Waals surface area contributed by atoms with Crippen molar-refractivity contribution in [2.75, 3.05) is 19.6 Å². The molecule has 8 heteroatoms. The van der Waals surface area contributed by atoms with Crippen LogP contribution in [0.25, 0.3) is 10.8 Å². The molecule has 0 fully saturated rings. The van der Waals surface area contributed by atoms with Crippen LogP contribution in [0, 0.1) is 0 Å². The summed E-state index contributed by atoms with van der Waals surface area (Å²) in [5, 5.41) is 11.8. The minimum absolute atomic E-state index is 0.162. The molecule has 4 aromatic rings. The Hall–Kier alpha value is -4.01. The molecule has 3 aromatic carbocycles. The molecule has 0 spiro atoms. The standard InChI is InChI=1S/C35H46N6O2/c1-4-21-41(22-5-2)23-9-14-32(35(43)39-26(3)30-13-8-11-28-10-6-7-12-31(28)30)40-34(42)29-17-15-27(16-18-29)24-36-25-33-37-19-20-38-33/h6-8,10-13,15-20,26,32,36H,4-5,9,14,21-25H2,1-3H3,(H,37,38)(H,39,43)(H,40,42)/t26?,32-/m0/s1. The number of carbonyl (C=O) groups excluding carboxylic acids is 2. The van der Waals surface area contributed by atoms with E-state index in [1.54, 1.807) is 12.4 Å². The number of fused-ring (bicyclic) bond motifs is 1. The molecule has 2 amide bonds. The zero-order chi connectivity index (χ0) is 30.4. The highest BCUT2D eigenvalue weighted by atomic mass is 16.2. The second-order valence-corrected chi connectivity index (χ2v) is 11.1. The average molecular weight is 583 g/mol. The first kappa shape index (κ1) is 31.9. The Balaban J connectivity index is 1.41. The van der Waals surface area contributed by atoms with Gasteiger partial charge in [-0.3, -0.25) is 9.59 Å². The molecular formula is C35H46N6O2. The molecule has 2 atom stereocenters. The van der Waals surface area contributed by atoms with Gasteiger partial charge >= 0.3 is 0 Å². The van der Waals surface area contributed by atoms with Crippen LogP contribution in [0.1, 0.15) is 79.8 Å². The quantitative estimate of drug-likeness (QED) is 0.127. The van der Waals surface area contributed by atoms with Gasteiger partial charge in [0.2, 0.25) is 5.91 Å². The first-order valence-electron chi connectivity index (χ1n) is 15.6. The normalized spacial score (nSPS) is 12.7. The molecule has 0 aliphatic carbocycles. The number of rotatable bonds is 17. The Kier molecular flexibility index (Phi) is 12.3. The van der Waals surface area contributed by atoms with Gasteiger partial charge in [0.25, 0.3) is 5.91 Å². The van der Waals surface area contributed by atoms with Crippen molar-refractivity contribution in [3.8, 4) is 0 Å². The number of aromatic amines is 1.